The van der Waals surface area contributed by atoms with Crippen LogP contribution in [-0.4, -0.2) is 55.6 Å². The molecular weight excluding hydrogens is 252 g/mol. The van der Waals surface area contributed by atoms with Gasteiger partial charge in [-0.25, -0.2) is 0 Å². The first-order valence-electron chi connectivity index (χ1n) is 7.33. The molecule has 0 radical (unpaired) electrons. The first kappa shape index (κ1) is 15.0. The number of hydrogen-bond acceptors (Lipinski definition) is 3. The molecule has 0 bridgehead atoms. The Morgan fingerprint density at radius 2 is 2.05 bits per heavy atom. The number of nitrogens with zero attached hydrogens (tertiary/aromatic N) is 2. The Morgan fingerprint density at radius 1 is 1.30 bits per heavy atom. The lowest BCUT2D eigenvalue weighted by Gasteiger charge is -2.39. The average molecular weight is 276 g/mol. The van der Waals surface area contributed by atoms with Crippen molar-refractivity contribution < 1.29 is 9.53 Å². The molecule has 4 nitrogen and oxygen atoms in total. The summed E-state index contributed by atoms with van der Waals surface area (Å²) < 4.78 is 5.27. The SMILES string of the molecule is CCOCCC(=O)N1CCN(C)C(c2ccccc2)C1. The van der Waals surface area contributed by atoms with Crippen LogP contribution in [0.4, 0.5) is 0 Å². The van der Waals surface area contributed by atoms with E-state index in [-0.39, 0.29) is 5.91 Å². The molecule has 1 aliphatic heterocycles. The predicted molar refractivity (Wildman–Crippen MR) is 79.5 cm³/mol. The van der Waals surface area contributed by atoms with Gasteiger partial charge >= 0.3 is 0 Å². The van der Waals surface area contributed by atoms with Crippen molar-refractivity contribution in [2.45, 2.75) is 19.4 Å². The second-order valence-corrected chi connectivity index (χ2v) is 5.19. The van der Waals surface area contributed by atoms with Crippen molar-refractivity contribution in [3.63, 3.8) is 0 Å². The highest BCUT2D eigenvalue weighted by Gasteiger charge is 2.27. The number of rotatable bonds is 5. The van der Waals surface area contributed by atoms with Crippen LogP contribution in [0.5, 0.6) is 0 Å². The minimum Gasteiger partial charge on any atom is -0.381 e. The fourth-order valence-corrected chi connectivity index (χ4v) is 2.60. The second-order valence-electron chi connectivity index (χ2n) is 5.19. The molecule has 0 aliphatic carbocycles. The Kier molecular flexibility index (Phi) is 5.56. The maximum Gasteiger partial charge on any atom is 0.224 e. The molecule has 1 aromatic rings. The molecule has 20 heavy (non-hydrogen) atoms. The fraction of sp³-hybridized carbons (Fsp3) is 0.562. The first-order chi connectivity index (χ1) is 9.72. The third-order valence-electron chi connectivity index (χ3n) is 3.85. The van der Waals surface area contributed by atoms with E-state index in [4.69, 9.17) is 4.74 Å². The van der Waals surface area contributed by atoms with Crippen molar-refractivity contribution in [1.29, 1.82) is 0 Å². The number of hydrogen-bond donors (Lipinski definition) is 0. The van der Waals surface area contributed by atoms with Gasteiger partial charge in [-0.15, -0.1) is 0 Å². The van der Waals surface area contributed by atoms with Crippen LogP contribution in [0.3, 0.4) is 0 Å². The van der Waals surface area contributed by atoms with E-state index in [2.05, 4.69) is 36.2 Å². The van der Waals surface area contributed by atoms with Crippen molar-refractivity contribution in [2.75, 3.05) is 39.9 Å². The van der Waals surface area contributed by atoms with Gasteiger partial charge in [0.2, 0.25) is 5.91 Å². The Bertz CT molecular complexity index is 422. The van der Waals surface area contributed by atoms with Crippen LogP contribution in [0.2, 0.25) is 0 Å². The lowest BCUT2D eigenvalue weighted by Crippen LogP contribution is -2.49. The number of amides is 1. The van der Waals surface area contributed by atoms with E-state index in [9.17, 15) is 4.79 Å². The van der Waals surface area contributed by atoms with Gasteiger partial charge in [0, 0.05) is 26.2 Å². The summed E-state index contributed by atoms with van der Waals surface area (Å²) in [5.74, 6) is 0.201. The molecule has 1 atom stereocenters. The molecule has 0 spiro atoms. The lowest BCUT2D eigenvalue weighted by molar-refractivity contribution is -0.135. The molecule has 1 heterocycles. The number of carbonyl (C=O) groups is 1. The Labute approximate surface area is 121 Å². The molecule has 0 N–H and O–H groups in total. The maximum atomic E-state index is 12.2. The normalized spacial score (nSPS) is 20.1. The van der Waals surface area contributed by atoms with Gasteiger partial charge in [-0.05, 0) is 19.5 Å². The van der Waals surface area contributed by atoms with Crippen molar-refractivity contribution in [3.8, 4) is 0 Å². The van der Waals surface area contributed by atoms with Crippen LogP contribution >= 0.6 is 0 Å². The average Bonchev–Trinajstić information content (AvgIpc) is 2.49. The predicted octanol–water partition coefficient (Wildman–Crippen LogP) is 1.93. The zero-order chi connectivity index (χ0) is 14.4. The van der Waals surface area contributed by atoms with Gasteiger partial charge in [0.15, 0.2) is 0 Å². The topological polar surface area (TPSA) is 32.8 Å². The van der Waals surface area contributed by atoms with Gasteiger partial charge < -0.3 is 9.64 Å². The highest BCUT2D eigenvalue weighted by molar-refractivity contribution is 5.76. The van der Waals surface area contributed by atoms with Crippen LogP contribution in [0.15, 0.2) is 30.3 Å². The van der Waals surface area contributed by atoms with Gasteiger partial charge in [0.25, 0.3) is 0 Å². The smallest absolute Gasteiger partial charge is 0.224 e. The Morgan fingerprint density at radius 3 is 2.75 bits per heavy atom. The highest BCUT2D eigenvalue weighted by atomic mass is 16.5. The zero-order valence-corrected chi connectivity index (χ0v) is 12.4. The summed E-state index contributed by atoms with van der Waals surface area (Å²) in [6.45, 7) is 5.64. The fourth-order valence-electron chi connectivity index (χ4n) is 2.60. The summed E-state index contributed by atoms with van der Waals surface area (Å²) >= 11 is 0. The summed E-state index contributed by atoms with van der Waals surface area (Å²) in [6.07, 6.45) is 0.485. The number of piperazine rings is 1. The van der Waals surface area contributed by atoms with E-state index < -0.39 is 0 Å². The molecule has 1 aromatic carbocycles. The van der Waals surface area contributed by atoms with Gasteiger partial charge in [-0.3, -0.25) is 9.69 Å². The number of likely N-dealkylation sites (N-methyl/N-ethyl adjacent to an activating group) is 1. The van der Waals surface area contributed by atoms with E-state index in [0.717, 1.165) is 19.6 Å². The third kappa shape index (κ3) is 3.81. The Hall–Kier alpha value is -1.39. The largest absolute Gasteiger partial charge is 0.381 e. The molecule has 110 valence electrons. The summed E-state index contributed by atoms with van der Waals surface area (Å²) in [4.78, 5) is 16.5. The van der Waals surface area contributed by atoms with Crippen molar-refractivity contribution in [1.82, 2.24) is 9.80 Å². The lowest BCUT2D eigenvalue weighted by atomic mass is 10.0. The van der Waals surface area contributed by atoms with Crippen molar-refractivity contribution >= 4 is 5.91 Å². The molecule has 4 heteroatoms. The second kappa shape index (κ2) is 7.41. The minimum atomic E-state index is 0.201. The molecule has 2 rings (SSSR count). The van der Waals surface area contributed by atoms with Gasteiger partial charge in [0.1, 0.15) is 0 Å². The summed E-state index contributed by atoms with van der Waals surface area (Å²) in [7, 11) is 2.12. The highest BCUT2D eigenvalue weighted by Crippen LogP contribution is 2.24. The van der Waals surface area contributed by atoms with E-state index in [1.165, 1.54) is 5.56 Å². The number of benzene rings is 1. The molecule has 1 unspecified atom stereocenters. The summed E-state index contributed by atoms with van der Waals surface area (Å²) in [6, 6.07) is 10.7. The first-order valence-corrected chi connectivity index (χ1v) is 7.33. The van der Waals surface area contributed by atoms with Crippen LogP contribution in [0, 0.1) is 0 Å². The van der Waals surface area contributed by atoms with E-state index >= 15 is 0 Å². The van der Waals surface area contributed by atoms with E-state index in [0.29, 0.717) is 25.7 Å². The summed E-state index contributed by atoms with van der Waals surface area (Å²) in [5.41, 5.74) is 1.28. The van der Waals surface area contributed by atoms with Crippen LogP contribution in [0.1, 0.15) is 24.9 Å². The standard InChI is InChI=1S/C16H24N2O2/c1-3-20-12-9-16(19)18-11-10-17(2)15(13-18)14-7-5-4-6-8-14/h4-8,15H,3,9-13H2,1-2H3. The van der Waals surface area contributed by atoms with Gasteiger partial charge in [-0.2, -0.15) is 0 Å². The number of ether oxygens (including phenoxy) is 1. The van der Waals surface area contributed by atoms with E-state index in [1.807, 2.05) is 17.9 Å². The van der Waals surface area contributed by atoms with Crippen molar-refractivity contribution in [2.24, 2.45) is 0 Å². The van der Waals surface area contributed by atoms with Crippen LogP contribution in [0.25, 0.3) is 0 Å². The quantitative estimate of drug-likeness (QED) is 0.770. The Balaban J connectivity index is 1.96. The maximum absolute atomic E-state index is 12.2. The van der Waals surface area contributed by atoms with Gasteiger partial charge in [0.05, 0.1) is 19.1 Å². The monoisotopic (exact) mass is 276 g/mol. The molecular formula is C16H24N2O2. The minimum absolute atomic E-state index is 0.201. The molecule has 0 saturated carbocycles. The van der Waals surface area contributed by atoms with Crippen LogP contribution in [-0.2, 0) is 9.53 Å². The summed E-state index contributed by atoms with van der Waals surface area (Å²) in [5, 5.41) is 0. The van der Waals surface area contributed by atoms with E-state index in [1.54, 1.807) is 0 Å². The zero-order valence-electron chi connectivity index (χ0n) is 12.4. The third-order valence-corrected chi connectivity index (χ3v) is 3.85. The molecule has 1 aliphatic rings. The van der Waals surface area contributed by atoms with Gasteiger partial charge in [-0.1, -0.05) is 30.3 Å². The van der Waals surface area contributed by atoms with Crippen molar-refractivity contribution in [3.05, 3.63) is 35.9 Å². The molecule has 1 amide bonds. The number of carbonyl (C=O) groups excluding carboxylic acids is 1. The molecule has 1 fully saturated rings. The van der Waals surface area contributed by atoms with Crippen LogP contribution < -0.4 is 0 Å². The molecule has 0 aromatic heterocycles. The molecule has 1 saturated heterocycles.